The topological polar surface area (TPSA) is 0 Å². The highest BCUT2D eigenvalue weighted by Crippen LogP contribution is 2.44. The van der Waals surface area contributed by atoms with Crippen molar-refractivity contribution in [2.24, 2.45) is 0 Å². The quantitative estimate of drug-likeness (QED) is 0.199. The maximum absolute atomic E-state index is 9.45. The molecule has 0 aliphatic carbocycles. The van der Waals surface area contributed by atoms with Gasteiger partial charge in [-0.15, -0.1) is 0 Å². The first-order chi connectivity index (χ1) is 30.3. The molecule has 0 nitrogen and oxygen atoms in total. The van der Waals surface area contributed by atoms with Gasteiger partial charge in [-0.3, -0.25) is 0 Å². The lowest BCUT2D eigenvalue weighted by Crippen LogP contribution is -1.91. The van der Waals surface area contributed by atoms with Gasteiger partial charge in [-0.25, -0.2) is 0 Å². The molecule has 0 atom stereocenters. The SMILES string of the molecule is [2H]c1cc2c(-c3c([2H])c([2H])c(-c4c([2H])c([2H])c([2H])c5c([2H])c([2H])c([2H])c([2H])c45)c([2H])c3[2H])c3c([2H])c([2H])c([2H])c([2H])c3c(-c3c([2H])c([2H])c4c([2H])c([2H])c([2H])c([2H])c4c3[2H])c2c([2H])c1[2H]. The Morgan fingerprint density at radius 1 is 0.325 bits per heavy atom. The molecule has 0 bridgehead atoms. The third-order valence-corrected chi connectivity index (χ3v) is 6.39. The molecule has 186 valence electrons. The molecule has 0 aromatic heterocycles. The van der Waals surface area contributed by atoms with E-state index in [9.17, 15) is 12.3 Å². The molecule has 0 saturated heterocycles. The lowest BCUT2D eigenvalue weighted by Gasteiger charge is -2.18. The summed E-state index contributed by atoms with van der Waals surface area (Å²) in [5, 5.41) is -4.42. The third-order valence-electron chi connectivity index (χ3n) is 6.39. The summed E-state index contributed by atoms with van der Waals surface area (Å²) in [6.45, 7) is 0. The number of rotatable bonds is 3. The maximum atomic E-state index is 9.45. The number of benzene rings is 8. The van der Waals surface area contributed by atoms with Crippen molar-refractivity contribution in [3.8, 4) is 33.4 Å². The van der Waals surface area contributed by atoms with Crippen LogP contribution >= 0.6 is 0 Å². The van der Waals surface area contributed by atoms with Crippen LogP contribution in [-0.4, -0.2) is 0 Å². The van der Waals surface area contributed by atoms with Crippen LogP contribution in [0.2, 0.25) is 0 Å². The van der Waals surface area contributed by atoms with E-state index in [-0.39, 0.29) is 0 Å². The molecule has 0 radical (unpaired) electrons. The average molecular weight is 532 g/mol. The fourth-order valence-electron chi connectivity index (χ4n) is 4.67. The highest BCUT2D eigenvalue weighted by Gasteiger charge is 2.17. The van der Waals surface area contributed by atoms with Crippen molar-refractivity contribution in [2.75, 3.05) is 0 Å². The minimum absolute atomic E-state index is 0.440. The highest BCUT2D eigenvalue weighted by atomic mass is 14.2. The van der Waals surface area contributed by atoms with Gasteiger partial charge in [0.25, 0.3) is 0 Å². The summed E-state index contributed by atoms with van der Waals surface area (Å²) in [7, 11) is 0. The van der Waals surface area contributed by atoms with Crippen LogP contribution in [0.15, 0.2) is 157 Å². The molecule has 0 unspecified atom stereocenters. The van der Waals surface area contributed by atoms with Gasteiger partial charge in [-0.1, -0.05) is 151 Å². The molecule has 0 fully saturated rings. The largest absolute Gasteiger partial charge is 0.0636 e. The van der Waals surface area contributed by atoms with E-state index < -0.39 is 228 Å². The minimum Gasteiger partial charge on any atom is -0.0616 e. The van der Waals surface area contributed by atoms with Crippen molar-refractivity contribution in [1.29, 1.82) is 0 Å². The van der Waals surface area contributed by atoms with E-state index in [4.69, 9.17) is 21.9 Å². The van der Waals surface area contributed by atoms with E-state index in [1.165, 1.54) is 0 Å². The van der Waals surface area contributed by atoms with E-state index in [1.807, 2.05) is 0 Å². The molecule has 8 rings (SSSR count). The van der Waals surface area contributed by atoms with Crippen molar-refractivity contribution < 1.29 is 34.3 Å². The van der Waals surface area contributed by atoms with Crippen LogP contribution in [0.4, 0.5) is 0 Å². The summed E-state index contributed by atoms with van der Waals surface area (Å²) in [5.74, 6) is 0. The van der Waals surface area contributed by atoms with Crippen molar-refractivity contribution >= 4 is 43.1 Å². The van der Waals surface area contributed by atoms with E-state index in [0.717, 1.165) is 6.07 Å². The van der Waals surface area contributed by atoms with Gasteiger partial charge in [0, 0.05) is 0 Å². The lowest BCUT2D eigenvalue weighted by atomic mass is 9.85. The zero-order valence-corrected chi connectivity index (χ0v) is 20.1. The van der Waals surface area contributed by atoms with E-state index in [2.05, 4.69) is 0 Å². The zero-order valence-electron chi connectivity index (χ0n) is 45.1. The summed E-state index contributed by atoms with van der Waals surface area (Å²) >= 11 is 0. The Bertz CT molecular complexity index is 3560. The Kier molecular flexibility index (Phi) is 2.05. The van der Waals surface area contributed by atoms with Crippen LogP contribution in [0.1, 0.15) is 34.3 Å². The second-order valence-electron chi connectivity index (χ2n) is 8.58. The van der Waals surface area contributed by atoms with Crippen LogP contribution < -0.4 is 0 Å². The number of fused-ring (bicyclic) bond motifs is 4. The van der Waals surface area contributed by atoms with E-state index in [0.29, 0.717) is 0 Å². The summed E-state index contributed by atoms with van der Waals surface area (Å²) < 4.78 is 221. The molecule has 0 heterocycles. The van der Waals surface area contributed by atoms with Gasteiger partial charge in [-0.05, 0) is 82.5 Å². The first-order valence-corrected chi connectivity index (χ1v) is 11.8. The van der Waals surface area contributed by atoms with Crippen LogP contribution in [0, 0.1) is 0 Å². The van der Waals surface area contributed by atoms with Gasteiger partial charge in [0.15, 0.2) is 0 Å². The van der Waals surface area contributed by atoms with Gasteiger partial charge in [-0.2, -0.15) is 0 Å². The Balaban J connectivity index is 1.66. The van der Waals surface area contributed by atoms with Crippen molar-refractivity contribution in [3.63, 3.8) is 0 Å². The molecule has 8 aromatic carbocycles. The zero-order chi connectivity index (χ0) is 48.2. The summed E-state index contributed by atoms with van der Waals surface area (Å²) in [4.78, 5) is 0. The molecule has 0 amide bonds. The smallest absolute Gasteiger partial charge is 0.0616 e. The summed E-state index contributed by atoms with van der Waals surface area (Å²) in [6.07, 6.45) is 0. The van der Waals surface area contributed by atoms with Gasteiger partial charge in [0.05, 0.1) is 34.3 Å². The molecule has 0 heteroatoms. The monoisotopic (exact) mass is 531 g/mol. The maximum Gasteiger partial charge on any atom is 0.0636 e. The lowest BCUT2D eigenvalue weighted by molar-refractivity contribution is 1.63. The fourth-order valence-corrected chi connectivity index (χ4v) is 4.67. The molecule has 0 aliphatic rings. The molecular formula is C40H26. The molecule has 0 spiro atoms. The second kappa shape index (κ2) is 9.22. The first kappa shape index (κ1) is 8.91. The van der Waals surface area contributed by atoms with E-state index in [1.54, 1.807) is 0 Å². The molecule has 0 saturated carbocycles. The van der Waals surface area contributed by atoms with Crippen molar-refractivity contribution in [2.45, 2.75) is 0 Å². The number of hydrogen-bond acceptors (Lipinski definition) is 0. The van der Waals surface area contributed by atoms with Crippen molar-refractivity contribution in [3.05, 3.63) is 157 Å². The Morgan fingerprint density at radius 3 is 1.62 bits per heavy atom. The van der Waals surface area contributed by atoms with Gasteiger partial charge < -0.3 is 0 Å². The summed E-state index contributed by atoms with van der Waals surface area (Å²) in [5.41, 5.74) is -3.96. The molecular weight excluding hydrogens is 480 g/mol. The predicted molar refractivity (Wildman–Crippen MR) is 173 cm³/mol. The first-order valence-electron chi connectivity index (χ1n) is 24.3. The summed E-state index contributed by atoms with van der Waals surface area (Å²) in [6, 6.07) is -20.5. The Morgan fingerprint density at radius 2 is 0.850 bits per heavy atom. The number of hydrogen-bond donors (Lipinski definition) is 0. The molecule has 40 heavy (non-hydrogen) atoms. The minimum atomic E-state index is -0.996. The van der Waals surface area contributed by atoms with Crippen LogP contribution in [0.3, 0.4) is 0 Å². The average Bonchev–Trinajstić information content (AvgIpc) is 3.27. The normalized spacial score (nSPS) is 20.2. The van der Waals surface area contributed by atoms with Gasteiger partial charge in [0.2, 0.25) is 0 Å². The molecule has 0 N–H and O–H groups in total. The Hall–Kier alpha value is -5.20. The molecule has 0 aliphatic heterocycles. The Labute approximate surface area is 268 Å². The van der Waals surface area contributed by atoms with E-state index >= 15 is 0 Å². The van der Waals surface area contributed by atoms with Crippen LogP contribution in [0.25, 0.3) is 76.5 Å². The fraction of sp³-hybridized carbons (Fsp3) is 0. The van der Waals surface area contributed by atoms with Crippen LogP contribution in [-0.2, 0) is 0 Å². The van der Waals surface area contributed by atoms with Crippen LogP contribution in [0.5, 0.6) is 0 Å². The van der Waals surface area contributed by atoms with Gasteiger partial charge in [0.1, 0.15) is 0 Å². The van der Waals surface area contributed by atoms with Crippen molar-refractivity contribution in [1.82, 2.24) is 0 Å². The standard InChI is InChI=1S/C40H26/c1-2-12-31-26-32(25-20-27(31)10-1)40-37-17-7-5-15-35(37)39(36-16-6-8-18-38(36)40)30-23-21-29(22-24-30)34-19-9-13-28-11-3-4-14-33(28)34/h1-26H/i1D,2D,3D,4D,5D,6D,7D,8D,9D,10D,11D,12D,13D,14D,15D,17D,18D,19D,20D,21D,22D,23D,24D,25D,26D. The predicted octanol–water partition coefficient (Wildman–Crippen LogP) is 11.3. The molecule has 8 aromatic rings. The third kappa shape index (κ3) is 3.61. The second-order valence-corrected chi connectivity index (χ2v) is 8.58. The van der Waals surface area contributed by atoms with Gasteiger partial charge >= 0.3 is 0 Å². The highest BCUT2D eigenvalue weighted by molar-refractivity contribution is 6.21.